The molecule has 0 aliphatic carbocycles. The highest BCUT2D eigenvalue weighted by Gasteiger charge is 2.24. The number of hydrogen-bond acceptors (Lipinski definition) is 5. The number of aromatic nitrogens is 1. The molecule has 0 spiro atoms. The average Bonchev–Trinajstić information content (AvgIpc) is 2.98. The Balaban J connectivity index is 1.68. The van der Waals surface area contributed by atoms with Gasteiger partial charge in [-0.05, 0) is 13.0 Å². The van der Waals surface area contributed by atoms with Crippen molar-refractivity contribution in [2.45, 2.75) is 11.8 Å². The van der Waals surface area contributed by atoms with Gasteiger partial charge in [-0.1, -0.05) is 18.2 Å². The van der Waals surface area contributed by atoms with Gasteiger partial charge in [0, 0.05) is 54.1 Å². The van der Waals surface area contributed by atoms with Crippen molar-refractivity contribution >= 4 is 32.5 Å². The van der Waals surface area contributed by atoms with Gasteiger partial charge in [0.25, 0.3) is 0 Å². The van der Waals surface area contributed by atoms with E-state index < -0.39 is 15.9 Å². The molecule has 2 N–H and O–H groups in total. The molecule has 0 bridgehead atoms. The van der Waals surface area contributed by atoms with Crippen LogP contribution in [0, 0.1) is 6.92 Å². The molecular formula is C21H25N3O5S. The second-order valence-corrected chi connectivity index (χ2v) is 8.84. The standard InChI is InChI=1S/C21H25N3O5S/c1-14-20(18-7-5-6-8-19(18)24(14)2)30(26,27)10-9-22-21(25)23-15-11-16(28-3)13-17(12-15)29-4/h5-8,11-13H,9-10H2,1-4H3,(H2,22,23,25). The number of hydrogen-bond donors (Lipinski definition) is 2. The fourth-order valence-electron chi connectivity index (χ4n) is 3.33. The van der Waals surface area contributed by atoms with Gasteiger partial charge >= 0.3 is 6.03 Å². The van der Waals surface area contributed by atoms with E-state index in [1.54, 1.807) is 31.2 Å². The number of nitrogens with zero attached hydrogens (tertiary/aromatic N) is 1. The summed E-state index contributed by atoms with van der Waals surface area (Å²) >= 11 is 0. The predicted octanol–water partition coefficient (Wildman–Crippen LogP) is 3.10. The van der Waals surface area contributed by atoms with Gasteiger partial charge in [-0.25, -0.2) is 13.2 Å². The molecule has 2 aromatic carbocycles. The van der Waals surface area contributed by atoms with Crippen molar-refractivity contribution in [3.8, 4) is 11.5 Å². The van der Waals surface area contributed by atoms with E-state index >= 15 is 0 Å². The van der Waals surface area contributed by atoms with Crippen molar-refractivity contribution in [1.29, 1.82) is 0 Å². The highest BCUT2D eigenvalue weighted by atomic mass is 32.2. The van der Waals surface area contributed by atoms with Gasteiger partial charge in [-0.3, -0.25) is 0 Å². The van der Waals surface area contributed by atoms with Gasteiger partial charge in [0.1, 0.15) is 11.5 Å². The number of ether oxygens (including phenoxy) is 2. The van der Waals surface area contributed by atoms with Crippen molar-refractivity contribution in [2.24, 2.45) is 7.05 Å². The Morgan fingerprint density at radius 1 is 1.07 bits per heavy atom. The highest BCUT2D eigenvalue weighted by molar-refractivity contribution is 7.91. The molecule has 3 rings (SSSR count). The van der Waals surface area contributed by atoms with Gasteiger partial charge in [0.2, 0.25) is 0 Å². The zero-order valence-electron chi connectivity index (χ0n) is 17.4. The molecule has 0 aliphatic heterocycles. The number of para-hydroxylation sites is 1. The van der Waals surface area contributed by atoms with Crippen LogP contribution < -0.4 is 20.1 Å². The van der Waals surface area contributed by atoms with Gasteiger partial charge in [0.15, 0.2) is 9.84 Å². The molecule has 0 aliphatic rings. The van der Waals surface area contributed by atoms with Crippen molar-refractivity contribution in [3.63, 3.8) is 0 Å². The molecule has 0 saturated heterocycles. The lowest BCUT2D eigenvalue weighted by atomic mass is 10.2. The third kappa shape index (κ3) is 4.35. The van der Waals surface area contributed by atoms with Gasteiger partial charge in [0.05, 0.1) is 24.9 Å². The number of sulfone groups is 1. The Morgan fingerprint density at radius 3 is 2.33 bits per heavy atom. The Labute approximate surface area is 175 Å². The largest absolute Gasteiger partial charge is 0.497 e. The molecule has 30 heavy (non-hydrogen) atoms. The van der Waals surface area contributed by atoms with Crippen molar-refractivity contribution in [2.75, 3.05) is 31.8 Å². The van der Waals surface area contributed by atoms with Crippen molar-refractivity contribution in [1.82, 2.24) is 9.88 Å². The number of amides is 2. The summed E-state index contributed by atoms with van der Waals surface area (Å²) in [6.07, 6.45) is 0. The van der Waals surface area contributed by atoms with E-state index in [1.807, 2.05) is 29.8 Å². The first-order valence-corrected chi connectivity index (χ1v) is 11.0. The van der Waals surface area contributed by atoms with Crippen molar-refractivity contribution in [3.05, 3.63) is 48.2 Å². The topological polar surface area (TPSA) is 98.7 Å². The molecule has 2 amide bonds. The quantitative estimate of drug-likeness (QED) is 0.599. The smallest absolute Gasteiger partial charge is 0.319 e. The summed E-state index contributed by atoms with van der Waals surface area (Å²) in [4.78, 5) is 12.5. The molecule has 0 saturated carbocycles. The summed E-state index contributed by atoms with van der Waals surface area (Å²) < 4.78 is 38.1. The summed E-state index contributed by atoms with van der Waals surface area (Å²) in [5, 5.41) is 5.93. The minimum atomic E-state index is -3.59. The van der Waals surface area contributed by atoms with Crippen LogP contribution in [0.15, 0.2) is 47.4 Å². The molecule has 160 valence electrons. The minimum absolute atomic E-state index is 0.0298. The van der Waals surface area contributed by atoms with Crippen LogP contribution in [-0.4, -0.2) is 45.5 Å². The lowest BCUT2D eigenvalue weighted by Gasteiger charge is -2.11. The molecule has 0 fully saturated rings. The first kappa shape index (κ1) is 21.5. The number of anilines is 1. The second kappa shape index (κ2) is 8.66. The molecule has 0 atom stereocenters. The van der Waals surface area contributed by atoms with Crippen LogP contribution in [0.2, 0.25) is 0 Å². The molecule has 0 unspecified atom stereocenters. The molecule has 3 aromatic rings. The maximum absolute atomic E-state index is 13.0. The number of urea groups is 1. The lowest BCUT2D eigenvalue weighted by molar-refractivity contribution is 0.252. The fraction of sp³-hybridized carbons (Fsp3) is 0.286. The first-order chi connectivity index (χ1) is 14.3. The van der Waals surface area contributed by atoms with Crippen LogP contribution in [0.5, 0.6) is 11.5 Å². The Bertz CT molecular complexity index is 1160. The van der Waals surface area contributed by atoms with E-state index in [9.17, 15) is 13.2 Å². The number of methoxy groups -OCH3 is 2. The second-order valence-electron chi connectivity index (χ2n) is 6.79. The Morgan fingerprint density at radius 2 is 1.70 bits per heavy atom. The van der Waals surface area contributed by atoms with Gasteiger partial charge in [-0.15, -0.1) is 0 Å². The normalized spacial score (nSPS) is 11.3. The molecule has 1 heterocycles. The predicted molar refractivity (Wildman–Crippen MR) is 116 cm³/mol. The summed E-state index contributed by atoms with van der Waals surface area (Å²) in [6, 6.07) is 11.8. The van der Waals surface area contributed by atoms with Crippen LogP contribution in [0.4, 0.5) is 10.5 Å². The monoisotopic (exact) mass is 431 g/mol. The summed E-state index contributed by atoms with van der Waals surface area (Å²) in [7, 11) is 1.27. The number of aryl methyl sites for hydroxylation is 1. The maximum Gasteiger partial charge on any atom is 0.319 e. The zero-order valence-corrected chi connectivity index (χ0v) is 18.2. The van der Waals surface area contributed by atoms with E-state index in [4.69, 9.17) is 9.47 Å². The molecule has 9 heteroatoms. The summed E-state index contributed by atoms with van der Waals surface area (Å²) in [5.41, 5.74) is 1.99. The van der Waals surface area contributed by atoms with Crippen molar-refractivity contribution < 1.29 is 22.7 Å². The average molecular weight is 432 g/mol. The third-order valence-electron chi connectivity index (χ3n) is 4.92. The first-order valence-electron chi connectivity index (χ1n) is 9.31. The number of rotatable bonds is 7. The molecule has 8 nitrogen and oxygen atoms in total. The fourth-order valence-corrected chi connectivity index (χ4v) is 5.00. The van der Waals surface area contributed by atoms with Crippen LogP contribution in [0.1, 0.15) is 5.69 Å². The maximum atomic E-state index is 13.0. The van der Waals surface area contributed by atoms with Crippen LogP contribution in [0.3, 0.4) is 0 Å². The van der Waals surface area contributed by atoms with E-state index in [0.29, 0.717) is 33.2 Å². The van der Waals surface area contributed by atoms with Gasteiger partial charge in [-0.2, -0.15) is 0 Å². The molecule has 1 aromatic heterocycles. The summed E-state index contributed by atoms with van der Waals surface area (Å²) in [5.74, 6) is 0.841. The minimum Gasteiger partial charge on any atom is -0.497 e. The number of nitrogens with one attached hydrogen (secondary N) is 2. The van der Waals surface area contributed by atoms with E-state index in [2.05, 4.69) is 10.6 Å². The Kier molecular flexibility index (Phi) is 6.21. The summed E-state index contributed by atoms with van der Waals surface area (Å²) in [6.45, 7) is 1.75. The Hall–Kier alpha value is -3.20. The molecule has 0 radical (unpaired) electrons. The zero-order chi connectivity index (χ0) is 21.9. The lowest BCUT2D eigenvalue weighted by Crippen LogP contribution is -2.33. The number of carbonyl (C=O) groups is 1. The van der Waals surface area contributed by atoms with E-state index in [-0.39, 0.29) is 12.3 Å². The number of fused-ring (bicyclic) bond motifs is 1. The van der Waals surface area contributed by atoms with Gasteiger partial charge < -0.3 is 24.7 Å². The van der Waals surface area contributed by atoms with Crippen LogP contribution in [0.25, 0.3) is 10.9 Å². The van der Waals surface area contributed by atoms with E-state index in [1.165, 1.54) is 14.2 Å². The van der Waals surface area contributed by atoms with Crippen LogP contribution >= 0.6 is 0 Å². The third-order valence-corrected chi connectivity index (χ3v) is 6.80. The number of carbonyl (C=O) groups excluding carboxylic acids is 1. The SMILES string of the molecule is COc1cc(NC(=O)NCCS(=O)(=O)c2c(C)n(C)c3ccccc23)cc(OC)c1. The number of benzene rings is 2. The molecular weight excluding hydrogens is 406 g/mol. The highest BCUT2D eigenvalue weighted by Crippen LogP contribution is 2.29. The van der Waals surface area contributed by atoms with Crippen LogP contribution in [-0.2, 0) is 16.9 Å². The van der Waals surface area contributed by atoms with E-state index in [0.717, 1.165) is 5.52 Å².